The Hall–Kier alpha value is -5.66. The van der Waals surface area contributed by atoms with Crippen LogP contribution < -0.4 is 10.6 Å². The Morgan fingerprint density at radius 3 is 1.30 bits per heavy atom. The average molecular weight is 763 g/mol. The second-order valence-corrected chi connectivity index (χ2v) is 16.4. The zero-order valence-electron chi connectivity index (χ0n) is 32.6. The lowest BCUT2D eigenvalue weighted by atomic mass is 10.0. The highest BCUT2D eigenvalue weighted by Gasteiger charge is 2.57. The van der Waals surface area contributed by atoms with Gasteiger partial charge in [0.1, 0.15) is 23.7 Å². The summed E-state index contributed by atoms with van der Waals surface area (Å²) in [5.41, 5.74) is 5.85. The first-order valence-corrected chi connectivity index (χ1v) is 19.6. The Morgan fingerprint density at radius 2 is 0.964 bits per heavy atom. The number of nitrogens with one attached hydrogen (secondary N) is 4. The fourth-order valence-corrected chi connectivity index (χ4v) is 8.74. The summed E-state index contributed by atoms with van der Waals surface area (Å²) in [5, 5.41) is 5.47. The molecule has 0 spiro atoms. The standard InChI is InChI=1S/C42H50N8O6/c1-21(2)35(47-41(53)55-5)39(51)49-31-15-27(31)17-33(49)37-43-19-29(45-37)25-11-7-23(8-12-25)24-9-13-26(14-10-24)30-20-44-38(46-30)34-18-28-16-32(28)50(34)40(52)36(22(3)4)48-42(54)56-6/h7-14,19-22,27-28,31-36H,15-18H2,1-6H3,(H,43,45)(H,44,46)(H,47,53)(H,48,54)/t27-,28-,31-,32-,33-,34-,35+,36+/m1/s1. The van der Waals surface area contributed by atoms with Crippen molar-refractivity contribution in [3.63, 3.8) is 0 Å². The van der Waals surface area contributed by atoms with Crippen molar-refractivity contribution in [2.75, 3.05) is 14.2 Å². The number of aromatic nitrogens is 4. The normalized spacial score (nSPS) is 24.4. The predicted octanol–water partition coefficient (Wildman–Crippen LogP) is 6.22. The van der Waals surface area contributed by atoms with E-state index in [0.29, 0.717) is 11.8 Å². The minimum atomic E-state index is -0.676. The zero-order valence-corrected chi connectivity index (χ0v) is 32.6. The maximum atomic E-state index is 13.8. The van der Waals surface area contributed by atoms with Crippen molar-refractivity contribution < 1.29 is 28.7 Å². The molecule has 4 aromatic rings. The number of carbonyl (C=O) groups excluding carboxylic acids is 4. The second-order valence-electron chi connectivity index (χ2n) is 16.4. The molecule has 14 heteroatoms. The highest BCUT2D eigenvalue weighted by molar-refractivity contribution is 5.88. The van der Waals surface area contributed by atoms with Gasteiger partial charge in [-0.05, 0) is 71.6 Å². The van der Waals surface area contributed by atoms with E-state index in [-0.39, 0.29) is 47.8 Å². The number of H-pyrrole nitrogens is 2. The van der Waals surface area contributed by atoms with Crippen molar-refractivity contribution in [2.45, 2.75) is 89.6 Å². The summed E-state index contributed by atoms with van der Waals surface area (Å²) in [5.74, 6) is 2.01. The fraction of sp³-hybridized carbons (Fsp3) is 0.476. The minimum absolute atomic E-state index is 0.0971. The molecule has 294 valence electrons. The van der Waals surface area contributed by atoms with E-state index >= 15 is 0 Å². The molecule has 4 N–H and O–H groups in total. The first-order valence-electron chi connectivity index (χ1n) is 19.6. The molecule has 4 heterocycles. The third-order valence-electron chi connectivity index (χ3n) is 12.0. The lowest BCUT2D eigenvalue weighted by Crippen LogP contribution is -2.52. The molecule has 0 bridgehead atoms. The van der Waals surface area contributed by atoms with Crippen LogP contribution in [-0.4, -0.2) is 92.1 Å². The lowest BCUT2D eigenvalue weighted by Gasteiger charge is -2.31. The average Bonchev–Trinajstić information content (AvgIpc) is 3.79. The Balaban J connectivity index is 0.931. The smallest absolute Gasteiger partial charge is 0.407 e. The van der Waals surface area contributed by atoms with Gasteiger partial charge in [-0.3, -0.25) is 9.59 Å². The highest BCUT2D eigenvalue weighted by Crippen LogP contribution is 2.54. The van der Waals surface area contributed by atoms with Crippen LogP contribution in [0.25, 0.3) is 33.6 Å². The van der Waals surface area contributed by atoms with E-state index in [1.54, 1.807) is 0 Å². The van der Waals surface area contributed by atoms with Crippen molar-refractivity contribution >= 4 is 24.0 Å². The van der Waals surface area contributed by atoms with Gasteiger partial charge in [0.05, 0.1) is 50.1 Å². The van der Waals surface area contributed by atoms with Crippen molar-refractivity contribution in [1.29, 1.82) is 0 Å². The quantitative estimate of drug-likeness (QED) is 0.139. The van der Waals surface area contributed by atoms with Crippen LogP contribution >= 0.6 is 0 Å². The summed E-state index contributed by atoms with van der Waals surface area (Å²) < 4.78 is 9.58. The van der Waals surface area contributed by atoms with Crippen molar-refractivity contribution in [1.82, 2.24) is 40.4 Å². The highest BCUT2D eigenvalue weighted by atomic mass is 16.5. The number of fused-ring (bicyclic) bond motifs is 2. The van der Waals surface area contributed by atoms with Crippen molar-refractivity contribution in [3.8, 4) is 33.6 Å². The number of methoxy groups -OCH3 is 2. The van der Waals surface area contributed by atoms with E-state index in [1.807, 2.05) is 49.9 Å². The number of benzene rings is 2. The van der Waals surface area contributed by atoms with Crippen molar-refractivity contribution in [2.24, 2.45) is 23.7 Å². The number of ether oxygens (including phenoxy) is 2. The molecule has 2 aliphatic carbocycles. The number of imidazole rings is 2. The van der Waals surface area contributed by atoms with Crippen LogP contribution in [0.15, 0.2) is 60.9 Å². The molecule has 2 aliphatic heterocycles. The van der Waals surface area contributed by atoms with Crippen LogP contribution in [0.4, 0.5) is 9.59 Å². The van der Waals surface area contributed by atoms with Gasteiger partial charge in [-0.25, -0.2) is 19.6 Å². The third-order valence-corrected chi connectivity index (χ3v) is 12.0. The maximum absolute atomic E-state index is 13.8. The number of alkyl carbamates (subject to hydrolysis) is 2. The summed E-state index contributed by atoms with van der Waals surface area (Å²) in [6, 6.07) is 15.2. The monoisotopic (exact) mass is 762 g/mol. The van der Waals surface area contributed by atoms with Gasteiger partial charge >= 0.3 is 12.2 Å². The van der Waals surface area contributed by atoms with E-state index < -0.39 is 24.3 Å². The molecule has 2 saturated carbocycles. The van der Waals surface area contributed by atoms with Gasteiger partial charge in [0.2, 0.25) is 11.8 Å². The summed E-state index contributed by atoms with van der Waals surface area (Å²) >= 11 is 0. The molecule has 56 heavy (non-hydrogen) atoms. The largest absolute Gasteiger partial charge is 0.453 e. The number of carbonyl (C=O) groups is 4. The molecule has 2 saturated heterocycles. The Kier molecular flexibility index (Phi) is 9.83. The van der Waals surface area contributed by atoms with E-state index in [1.165, 1.54) is 14.2 Å². The molecule has 4 aliphatic rings. The van der Waals surface area contributed by atoms with Gasteiger partial charge < -0.3 is 39.9 Å². The lowest BCUT2D eigenvalue weighted by molar-refractivity contribution is -0.137. The molecule has 0 radical (unpaired) electrons. The summed E-state index contributed by atoms with van der Waals surface area (Å²) in [6.07, 6.45) is 6.06. The van der Waals surface area contributed by atoms with Gasteiger partial charge in [0.25, 0.3) is 0 Å². The van der Waals surface area contributed by atoms with E-state index in [9.17, 15) is 19.2 Å². The Bertz CT molecular complexity index is 1960. The Labute approximate surface area is 326 Å². The third kappa shape index (κ3) is 7.01. The van der Waals surface area contributed by atoms with Crippen LogP contribution in [0.3, 0.4) is 0 Å². The fourth-order valence-electron chi connectivity index (χ4n) is 8.74. The molecule has 8 atom stereocenters. The molecule has 2 aromatic heterocycles. The number of piperidine rings is 2. The van der Waals surface area contributed by atoms with E-state index in [4.69, 9.17) is 19.4 Å². The number of likely N-dealkylation sites (tertiary alicyclic amines) is 2. The molecule has 4 amide bonds. The van der Waals surface area contributed by atoms with Crippen LogP contribution in [0.1, 0.15) is 77.1 Å². The number of nitrogens with zero attached hydrogens (tertiary/aromatic N) is 4. The van der Waals surface area contributed by atoms with E-state index in [0.717, 1.165) is 71.0 Å². The minimum Gasteiger partial charge on any atom is -0.453 e. The number of aromatic amines is 2. The molecule has 14 nitrogen and oxygen atoms in total. The van der Waals surface area contributed by atoms with Gasteiger partial charge in [-0.15, -0.1) is 0 Å². The summed E-state index contributed by atoms with van der Waals surface area (Å²) in [4.78, 5) is 71.9. The van der Waals surface area contributed by atoms with Crippen LogP contribution in [-0.2, 0) is 19.1 Å². The summed E-state index contributed by atoms with van der Waals surface area (Å²) in [6.45, 7) is 7.67. The molecule has 8 rings (SSSR count). The Morgan fingerprint density at radius 1 is 0.607 bits per heavy atom. The zero-order chi connectivity index (χ0) is 39.4. The molecular formula is C42H50N8O6. The van der Waals surface area contributed by atoms with Gasteiger partial charge in [-0.1, -0.05) is 76.2 Å². The van der Waals surface area contributed by atoms with Gasteiger partial charge in [0, 0.05) is 12.1 Å². The first kappa shape index (κ1) is 37.3. The molecule has 0 unspecified atom stereocenters. The van der Waals surface area contributed by atoms with Crippen LogP contribution in [0, 0.1) is 23.7 Å². The maximum Gasteiger partial charge on any atom is 0.407 e. The second kappa shape index (κ2) is 14.8. The summed E-state index contributed by atoms with van der Waals surface area (Å²) in [7, 11) is 2.60. The number of hydrogen-bond donors (Lipinski definition) is 4. The van der Waals surface area contributed by atoms with Gasteiger partial charge in [-0.2, -0.15) is 0 Å². The van der Waals surface area contributed by atoms with Crippen LogP contribution in [0.5, 0.6) is 0 Å². The van der Waals surface area contributed by atoms with E-state index in [2.05, 4.69) is 69.1 Å². The van der Waals surface area contributed by atoms with Crippen LogP contribution in [0.2, 0.25) is 0 Å². The first-order chi connectivity index (χ1) is 26.9. The van der Waals surface area contributed by atoms with Crippen molar-refractivity contribution in [3.05, 3.63) is 72.6 Å². The predicted molar refractivity (Wildman–Crippen MR) is 208 cm³/mol. The van der Waals surface area contributed by atoms with Gasteiger partial charge in [0.15, 0.2) is 0 Å². The molecular weight excluding hydrogens is 713 g/mol. The molecule has 4 fully saturated rings. The number of rotatable bonds is 11. The SMILES string of the molecule is COC(=O)N[C@H](C(=O)N1[C@@H](c2ncc(-c3ccc(-c4ccc(-c5cnc([C@H]6C[C@H]7C[C@H]7N6C(=O)[C@@H](NC(=O)OC)C(C)C)[nH]5)cc4)cc3)[nH]2)C[C@H]2C[C@H]21)C(C)C. The molecule has 2 aromatic carbocycles. The number of hydrogen-bond acceptors (Lipinski definition) is 8. The number of amides is 4. The topological polar surface area (TPSA) is 175 Å².